The molecule has 7 nitrogen and oxygen atoms in total. The summed E-state index contributed by atoms with van der Waals surface area (Å²) in [6, 6.07) is 15.5. The summed E-state index contributed by atoms with van der Waals surface area (Å²) >= 11 is 0. The van der Waals surface area contributed by atoms with Gasteiger partial charge in [-0.15, -0.1) is 0 Å². The van der Waals surface area contributed by atoms with Crippen molar-refractivity contribution >= 4 is 16.9 Å². The monoisotopic (exact) mass is 390 g/mol. The number of rotatable bonds is 6. The number of fused-ring (bicyclic) bond motifs is 1. The van der Waals surface area contributed by atoms with E-state index in [0.717, 1.165) is 5.56 Å². The van der Waals surface area contributed by atoms with Gasteiger partial charge >= 0.3 is 11.6 Å². The number of esters is 1. The fraction of sp³-hybridized carbons (Fsp3) is 0.136. The first kappa shape index (κ1) is 18.5. The van der Waals surface area contributed by atoms with Crippen LogP contribution in [0.2, 0.25) is 0 Å². The van der Waals surface area contributed by atoms with E-state index in [-0.39, 0.29) is 6.61 Å². The molecule has 146 valence electrons. The first-order chi connectivity index (χ1) is 14.1. The first-order valence-electron chi connectivity index (χ1n) is 8.96. The van der Waals surface area contributed by atoms with Gasteiger partial charge in [0, 0.05) is 35.5 Å². The van der Waals surface area contributed by atoms with Crippen molar-refractivity contribution in [3.63, 3.8) is 0 Å². The number of carbonyl (C=O) groups excluding carboxylic acids is 1. The van der Waals surface area contributed by atoms with Crippen molar-refractivity contribution in [2.24, 2.45) is 0 Å². The third-order valence-corrected chi connectivity index (χ3v) is 4.49. The van der Waals surface area contributed by atoms with Crippen LogP contribution in [0.3, 0.4) is 0 Å². The largest absolute Gasteiger partial charge is 0.497 e. The summed E-state index contributed by atoms with van der Waals surface area (Å²) in [6.45, 7) is 0.583. The molecule has 0 radical (unpaired) electrons. The Morgan fingerprint density at radius 2 is 1.97 bits per heavy atom. The molecule has 0 spiro atoms. The van der Waals surface area contributed by atoms with Gasteiger partial charge in [-0.25, -0.2) is 9.59 Å². The Bertz CT molecular complexity index is 1190. The molecule has 2 aromatic heterocycles. The van der Waals surface area contributed by atoms with Gasteiger partial charge in [-0.05, 0) is 35.9 Å². The van der Waals surface area contributed by atoms with E-state index in [9.17, 15) is 9.59 Å². The minimum atomic E-state index is -0.514. The second-order valence-corrected chi connectivity index (χ2v) is 6.43. The Hall–Kier alpha value is -3.87. The zero-order chi connectivity index (χ0) is 20.2. The number of benzene rings is 2. The second kappa shape index (κ2) is 8.02. The Kier molecular flexibility index (Phi) is 5.11. The normalized spacial score (nSPS) is 10.8. The molecule has 7 heteroatoms. The Labute approximate surface area is 166 Å². The van der Waals surface area contributed by atoms with Crippen LogP contribution in [0.5, 0.6) is 5.75 Å². The summed E-state index contributed by atoms with van der Waals surface area (Å²) < 4.78 is 17.6. The van der Waals surface area contributed by atoms with Gasteiger partial charge < -0.3 is 13.9 Å². The molecule has 0 amide bonds. The maximum atomic E-state index is 12.4. The van der Waals surface area contributed by atoms with Gasteiger partial charge in [0.2, 0.25) is 0 Å². The first-order valence-corrected chi connectivity index (χ1v) is 8.96. The van der Waals surface area contributed by atoms with Crippen LogP contribution in [-0.4, -0.2) is 22.9 Å². The molecular formula is C22H18N2O5. The third kappa shape index (κ3) is 4.19. The van der Waals surface area contributed by atoms with E-state index < -0.39 is 11.6 Å². The zero-order valence-electron chi connectivity index (χ0n) is 15.7. The van der Waals surface area contributed by atoms with E-state index in [4.69, 9.17) is 13.9 Å². The van der Waals surface area contributed by atoms with Gasteiger partial charge in [0.1, 0.15) is 17.9 Å². The second-order valence-electron chi connectivity index (χ2n) is 6.43. The van der Waals surface area contributed by atoms with Crippen molar-refractivity contribution in [2.45, 2.75) is 13.2 Å². The van der Waals surface area contributed by atoms with Crippen molar-refractivity contribution in [3.05, 3.63) is 94.1 Å². The summed E-state index contributed by atoms with van der Waals surface area (Å²) in [5, 5.41) is 4.85. The average molecular weight is 390 g/mol. The summed E-state index contributed by atoms with van der Waals surface area (Å²) in [5.41, 5.74) is 1.89. The molecule has 2 aromatic carbocycles. The molecule has 0 aliphatic rings. The highest BCUT2D eigenvalue weighted by atomic mass is 16.5. The van der Waals surface area contributed by atoms with Gasteiger partial charge in [-0.1, -0.05) is 12.1 Å². The SMILES string of the molecule is COc1ccc2c(COC(=O)c3ccc(Cn4cccn4)cc3)cc(=O)oc2c1. The highest BCUT2D eigenvalue weighted by Crippen LogP contribution is 2.23. The smallest absolute Gasteiger partial charge is 0.338 e. The van der Waals surface area contributed by atoms with Gasteiger partial charge in [0.15, 0.2) is 0 Å². The van der Waals surface area contributed by atoms with Gasteiger partial charge in [0.25, 0.3) is 0 Å². The molecular weight excluding hydrogens is 372 g/mol. The van der Waals surface area contributed by atoms with Crippen LogP contribution < -0.4 is 10.4 Å². The summed E-state index contributed by atoms with van der Waals surface area (Å²) in [6.07, 6.45) is 3.59. The lowest BCUT2D eigenvalue weighted by molar-refractivity contribution is 0.0474. The molecule has 0 unspecified atom stereocenters. The van der Waals surface area contributed by atoms with E-state index in [1.165, 1.54) is 13.2 Å². The average Bonchev–Trinajstić information content (AvgIpc) is 3.24. The number of aromatic nitrogens is 2. The number of ether oxygens (including phenoxy) is 2. The minimum Gasteiger partial charge on any atom is -0.497 e. The highest BCUT2D eigenvalue weighted by Gasteiger charge is 2.11. The van der Waals surface area contributed by atoms with Crippen molar-refractivity contribution in [3.8, 4) is 5.75 Å². The number of hydrogen-bond donors (Lipinski definition) is 0. The van der Waals surface area contributed by atoms with E-state index in [0.29, 0.717) is 34.4 Å². The van der Waals surface area contributed by atoms with Crippen LogP contribution in [0.25, 0.3) is 11.0 Å². The maximum Gasteiger partial charge on any atom is 0.338 e. The van der Waals surface area contributed by atoms with E-state index in [2.05, 4.69) is 5.10 Å². The van der Waals surface area contributed by atoms with E-state index >= 15 is 0 Å². The molecule has 0 fully saturated rings. The third-order valence-electron chi connectivity index (χ3n) is 4.49. The minimum absolute atomic E-state index is 0.0394. The van der Waals surface area contributed by atoms with Crippen LogP contribution >= 0.6 is 0 Å². The molecule has 0 N–H and O–H groups in total. The molecule has 0 atom stereocenters. The summed E-state index contributed by atoms with van der Waals surface area (Å²) in [7, 11) is 1.53. The molecule has 4 aromatic rings. The van der Waals surface area contributed by atoms with Gasteiger partial charge in [-0.3, -0.25) is 4.68 Å². The zero-order valence-corrected chi connectivity index (χ0v) is 15.7. The van der Waals surface area contributed by atoms with Crippen LogP contribution in [0.15, 0.2) is 76.2 Å². The lowest BCUT2D eigenvalue weighted by Crippen LogP contribution is -2.08. The Morgan fingerprint density at radius 3 is 2.69 bits per heavy atom. The molecule has 4 rings (SSSR count). The molecule has 0 saturated carbocycles. The predicted octanol–water partition coefficient (Wildman–Crippen LogP) is 3.40. The van der Waals surface area contributed by atoms with Crippen LogP contribution in [0.4, 0.5) is 0 Å². The molecule has 0 aliphatic heterocycles. The standard InChI is InChI=1S/C22H18N2O5/c1-27-18-7-8-19-17(11-21(25)29-20(19)12-18)14-28-22(26)16-5-3-15(4-6-16)13-24-10-2-9-23-24/h2-12H,13-14H2,1H3. The van der Waals surface area contributed by atoms with E-state index in [1.54, 1.807) is 41.2 Å². The van der Waals surface area contributed by atoms with Crippen molar-refractivity contribution < 1.29 is 18.7 Å². The quantitative estimate of drug-likeness (QED) is 0.371. The van der Waals surface area contributed by atoms with Gasteiger partial charge in [0.05, 0.1) is 19.2 Å². The molecule has 2 heterocycles. The number of methoxy groups -OCH3 is 1. The topological polar surface area (TPSA) is 83.6 Å². The summed E-state index contributed by atoms with van der Waals surface area (Å²) in [5.74, 6) is 0.107. The number of nitrogens with zero attached hydrogens (tertiary/aromatic N) is 2. The van der Waals surface area contributed by atoms with Crippen molar-refractivity contribution in [1.82, 2.24) is 9.78 Å². The van der Waals surface area contributed by atoms with Crippen LogP contribution in [-0.2, 0) is 17.9 Å². The fourth-order valence-corrected chi connectivity index (χ4v) is 3.01. The molecule has 0 saturated heterocycles. The van der Waals surface area contributed by atoms with Crippen LogP contribution in [0, 0.1) is 0 Å². The van der Waals surface area contributed by atoms with E-state index in [1.807, 2.05) is 24.4 Å². The summed E-state index contributed by atoms with van der Waals surface area (Å²) in [4.78, 5) is 24.2. The van der Waals surface area contributed by atoms with Crippen molar-refractivity contribution in [1.29, 1.82) is 0 Å². The number of carbonyl (C=O) groups is 1. The lowest BCUT2D eigenvalue weighted by Gasteiger charge is -2.09. The Balaban J connectivity index is 1.47. The molecule has 29 heavy (non-hydrogen) atoms. The maximum absolute atomic E-state index is 12.4. The Morgan fingerprint density at radius 1 is 1.14 bits per heavy atom. The van der Waals surface area contributed by atoms with Gasteiger partial charge in [-0.2, -0.15) is 5.10 Å². The highest BCUT2D eigenvalue weighted by molar-refractivity contribution is 5.89. The fourth-order valence-electron chi connectivity index (χ4n) is 3.01. The molecule has 0 bridgehead atoms. The predicted molar refractivity (Wildman–Crippen MR) is 106 cm³/mol. The lowest BCUT2D eigenvalue weighted by atomic mass is 10.1. The number of hydrogen-bond acceptors (Lipinski definition) is 6. The molecule has 0 aliphatic carbocycles. The van der Waals surface area contributed by atoms with Crippen molar-refractivity contribution in [2.75, 3.05) is 7.11 Å². The van der Waals surface area contributed by atoms with Crippen LogP contribution in [0.1, 0.15) is 21.5 Å².